The molecule has 1 N–H and O–H groups in total. The smallest absolute Gasteiger partial charge is 0.264 e. The van der Waals surface area contributed by atoms with Crippen LogP contribution in [0.3, 0.4) is 0 Å². The Morgan fingerprint density at radius 1 is 0.571 bits per heavy atom. The van der Waals surface area contributed by atoms with E-state index in [2.05, 4.69) is 0 Å². The van der Waals surface area contributed by atoms with Gasteiger partial charge >= 0.3 is 0 Å². The average molecular weight is 605 g/mol. The molecule has 6 nitrogen and oxygen atoms in total. The van der Waals surface area contributed by atoms with Gasteiger partial charge in [-0.3, -0.25) is 4.18 Å². The predicted octanol–water partition coefficient (Wildman–Crippen LogP) is 6.95. The number of rotatable bonds is 12. The molecule has 0 amide bonds. The first-order chi connectivity index (χ1) is 20.1. The van der Waals surface area contributed by atoms with Crippen LogP contribution < -0.4 is 9.80 Å². The van der Waals surface area contributed by atoms with Crippen molar-refractivity contribution in [2.45, 2.75) is 12.8 Å². The summed E-state index contributed by atoms with van der Waals surface area (Å²) in [5.74, 6) is -1.31. The quantitative estimate of drug-likeness (QED) is 0.107. The van der Waals surface area contributed by atoms with Crippen LogP contribution >= 0.6 is 0 Å². The highest BCUT2D eigenvalue weighted by atomic mass is 32.2. The van der Waals surface area contributed by atoms with Crippen LogP contribution in [0.5, 0.6) is 0 Å². The summed E-state index contributed by atoms with van der Waals surface area (Å²) in [5.41, 5.74) is 3.05. The van der Waals surface area contributed by atoms with E-state index in [1.54, 1.807) is 48.5 Å². The molecule has 4 aromatic rings. The van der Waals surface area contributed by atoms with Crippen LogP contribution in [0.15, 0.2) is 97.1 Å². The number of anilines is 4. The lowest BCUT2D eigenvalue weighted by Gasteiger charge is -2.25. The molecule has 0 unspecified atom stereocenters. The van der Waals surface area contributed by atoms with E-state index in [0.29, 0.717) is 25.9 Å². The van der Waals surface area contributed by atoms with Crippen LogP contribution in [0, 0.1) is 23.3 Å². The van der Waals surface area contributed by atoms with Crippen molar-refractivity contribution >= 4 is 32.9 Å². The van der Waals surface area contributed by atoms with Gasteiger partial charge in [-0.1, -0.05) is 0 Å². The molecule has 0 aliphatic carbocycles. The Morgan fingerprint density at radius 2 is 0.857 bits per heavy atom. The number of aliphatic hydroxyl groups excluding tert-OH is 1. The Balaban J connectivity index is 0.000000235. The van der Waals surface area contributed by atoms with Gasteiger partial charge in [0.05, 0.1) is 12.9 Å². The minimum absolute atomic E-state index is 0.0394. The second-order valence-electron chi connectivity index (χ2n) is 9.17. The molecule has 0 aromatic heterocycles. The predicted molar refractivity (Wildman–Crippen MR) is 157 cm³/mol. The minimum Gasteiger partial charge on any atom is -0.396 e. The lowest BCUT2D eigenvalue weighted by atomic mass is 10.2. The van der Waals surface area contributed by atoms with Gasteiger partial charge in [0.15, 0.2) is 0 Å². The van der Waals surface area contributed by atoms with Gasteiger partial charge in [-0.25, -0.2) is 17.6 Å². The standard InChI is InChI=1S/C16H17F2NO3S.C15H15F2NO/c1-23(20,21)22-12-2-11-19(15-7-3-13(17)4-8-15)16-9-5-14(18)6-10-16;16-12-2-6-14(7-3-12)18(10-1-11-19)15-8-4-13(17)5-9-15/h3-10H,2,11-12H2,1H3;2-9,19H,1,10-11H2. The van der Waals surface area contributed by atoms with Crippen molar-refractivity contribution in [3.63, 3.8) is 0 Å². The molecule has 0 atom stereocenters. The van der Waals surface area contributed by atoms with E-state index in [1.165, 1.54) is 48.5 Å². The van der Waals surface area contributed by atoms with Crippen molar-refractivity contribution in [1.29, 1.82) is 0 Å². The number of hydrogen-bond donors (Lipinski definition) is 1. The highest BCUT2D eigenvalue weighted by molar-refractivity contribution is 7.85. The molecule has 42 heavy (non-hydrogen) atoms. The highest BCUT2D eigenvalue weighted by Crippen LogP contribution is 2.27. The molecular formula is C31H32F4N2O4S. The lowest BCUT2D eigenvalue weighted by molar-refractivity contribution is 0.291. The monoisotopic (exact) mass is 604 g/mol. The zero-order valence-corrected chi connectivity index (χ0v) is 23.8. The van der Waals surface area contributed by atoms with Gasteiger partial charge in [0, 0.05) is 42.4 Å². The molecule has 4 rings (SSSR count). The second kappa shape index (κ2) is 15.9. The van der Waals surface area contributed by atoms with Gasteiger partial charge in [-0.15, -0.1) is 0 Å². The minimum atomic E-state index is -3.48. The van der Waals surface area contributed by atoms with Crippen LogP contribution in [0.25, 0.3) is 0 Å². The molecule has 0 saturated heterocycles. The summed E-state index contributed by atoms with van der Waals surface area (Å²) in [5, 5.41) is 8.95. The molecule has 4 aromatic carbocycles. The molecule has 0 saturated carbocycles. The zero-order chi connectivity index (χ0) is 30.5. The molecule has 0 fully saturated rings. The SMILES string of the molecule is CS(=O)(=O)OCCCN(c1ccc(F)cc1)c1ccc(F)cc1.OCCCN(c1ccc(F)cc1)c1ccc(F)cc1. The Bertz CT molecular complexity index is 1380. The van der Waals surface area contributed by atoms with Crippen LogP contribution in [-0.2, 0) is 14.3 Å². The van der Waals surface area contributed by atoms with E-state index >= 15 is 0 Å². The third-order valence-corrected chi connectivity index (χ3v) is 6.51. The first-order valence-corrected chi connectivity index (χ1v) is 14.9. The third kappa shape index (κ3) is 10.8. The Kier molecular flexibility index (Phi) is 12.3. The number of aliphatic hydroxyl groups is 1. The van der Waals surface area contributed by atoms with Gasteiger partial charge in [-0.2, -0.15) is 8.42 Å². The Labute approximate surface area is 243 Å². The number of benzene rings is 4. The summed E-state index contributed by atoms with van der Waals surface area (Å²) >= 11 is 0. The van der Waals surface area contributed by atoms with Crippen molar-refractivity contribution in [2.24, 2.45) is 0 Å². The maximum atomic E-state index is 13.1. The van der Waals surface area contributed by atoms with Gasteiger partial charge in [0.2, 0.25) is 0 Å². The van der Waals surface area contributed by atoms with Gasteiger partial charge in [0.1, 0.15) is 23.3 Å². The zero-order valence-electron chi connectivity index (χ0n) is 23.0. The van der Waals surface area contributed by atoms with E-state index in [4.69, 9.17) is 9.29 Å². The lowest BCUT2D eigenvalue weighted by Crippen LogP contribution is -2.20. The van der Waals surface area contributed by atoms with Crippen molar-refractivity contribution in [3.05, 3.63) is 120 Å². The number of halogens is 4. The van der Waals surface area contributed by atoms with Gasteiger partial charge in [-0.05, 0) is 110 Å². The van der Waals surface area contributed by atoms with E-state index in [1.807, 2.05) is 9.80 Å². The molecular weight excluding hydrogens is 572 g/mol. The summed E-state index contributed by atoms with van der Waals surface area (Å²) in [4.78, 5) is 3.75. The Hall–Kier alpha value is -3.93. The van der Waals surface area contributed by atoms with Crippen LogP contribution in [0.4, 0.5) is 40.3 Å². The maximum Gasteiger partial charge on any atom is 0.264 e. The second-order valence-corrected chi connectivity index (χ2v) is 10.8. The van der Waals surface area contributed by atoms with Gasteiger partial charge in [0.25, 0.3) is 10.1 Å². The summed E-state index contributed by atoms with van der Waals surface area (Å²) in [6, 6.07) is 23.9. The van der Waals surface area contributed by atoms with Gasteiger partial charge < -0.3 is 14.9 Å². The van der Waals surface area contributed by atoms with Crippen LogP contribution in [0.2, 0.25) is 0 Å². The summed E-state index contributed by atoms with van der Waals surface area (Å²) in [6.45, 7) is 1.12. The highest BCUT2D eigenvalue weighted by Gasteiger charge is 2.11. The number of nitrogens with zero attached hydrogens (tertiary/aromatic N) is 2. The third-order valence-electron chi connectivity index (χ3n) is 5.92. The molecule has 0 aliphatic heterocycles. The van der Waals surface area contributed by atoms with Crippen molar-refractivity contribution in [1.82, 2.24) is 0 Å². The topological polar surface area (TPSA) is 70.1 Å². The van der Waals surface area contributed by atoms with E-state index < -0.39 is 10.1 Å². The molecule has 224 valence electrons. The van der Waals surface area contributed by atoms with Crippen molar-refractivity contribution < 1.29 is 35.3 Å². The molecule has 0 spiro atoms. The van der Waals surface area contributed by atoms with E-state index in [-0.39, 0.29) is 36.5 Å². The average Bonchev–Trinajstić information content (AvgIpc) is 2.96. The summed E-state index contributed by atoms with van der Waals surface area (Å²) in [6.07, 6.45) is 2.00. The van der Waals surface area contributed by atoms with E-state index in [9.17, 15) is 26.0 Å². The molecule has 0 heterocycles. The van der Waals surface area contributed by atoms with Crippen molar-refractivity contribution in [2.75, 3.05) is 42.4 Å². The fraction of sp³-hybridized carbons (Fsp3) is 0.226. The maximum absolute atomic E-state index is 13.1. The molecule has 0 aliphatic rings. The first kappa shape index (κ1) is 32.6. The fourth-order valence-electron chi connectivity index (χ4n) is 3.96. The van der Waals surface area contributed by atoms with Crippen LogP contribution in [0.1, 0.15) is 12.8 Å². The summed E-state index contributed by atoms with van der Waals surface area (Å²) in [7, 11) is -3.48. The summed E-state index contributed by atoms with van der Waals surface area (Å²) < 4.78 is 78.7. The molecule has 0 bridgehead atoms. The first-order valence-electron chi connectivity index (χ1n) is 13.1. The van der Waals surface area contributed by atoms with Crippen LogP contribution in [-0.4, -0.2) is 46.1 Å². The number of hydrogen-bond acceptors (Lipinski definition) is 6. The molecule has 11 heteroatoms. The Morgan fingerprint density at radius 3 is 1.12 bits per heavy atom. The normalized spacial score (nSPS) is 11.0. The van der Waals surface area contributed by atoms with Crippen molar-refractivity contribution in [3.8, 4) is 0 Å². The van der Waals surface area contributed by atoms with E-state index in [0.717, 1.165) is 29.0 Å². The fourth-order valence-corrected chi connectivity index (χ4v) is 4.38. The molecule has 0 radical (unpaired) electrons. The largest absolute Gasteiger partial charge is 0.396 e.